The zero-order chi connectivity index (χ0) is 22.5. The van der Waals surface area contributed by atoms with Gasteiger partial charge in [-0.2, -0.15) is 5.10 Å². The third kappa shape index (κ3) is 4.87. The third-order valence-corrected chi connectivity index (χ3v) is 6.96. The fourth-order valence-corrected chi connectivity index (χ4v) is 5.01. The van der Waals surface area contributed by atoms with E-state index in [2.05, 4.69) is 33.5 Å². The summed E-state index contributed by atoms with van der Waals surface area (Å²) in [5, 5.41) is 8.28. The zero-order valence-corrected chi connectivity index (χ0v) is 20.2. The monoisotopic (exact) mass is 463 g/mol. The highest BCUT2D eigenvalue weighted by molar-refractivity contribution is 7.17. The van der Waals surface area contributed by atoms with Gasteiger partial charge in [-0.25, -0.2) is 9.97 Å². The summed E-state index contributed by atoms with van der Waals surface area (Å²) in [6.45, 7) is 6.17. The Morgan fingerprint density at radius 1 is 1.19 bits per heavy atom. The molecular weight excluding hydrogens is 438 g/mol. The highest BCUT2D eigenvalue weighted by Gasteiger charge is 2.13. The summed E-state index contributed by atoms with van der Waals surface area (Å²) in [5.74, 6) is 0.801. The first kappa shape index (κ1) is 22.1. The second-order valence-corrected chi connectivity index (χ2v) is 9.12. The molecule has 6 nitrogen and oxygen atoms in total. The summed E-state index contributed by atoms with van der Waals surface area (Å²) >= 11 is 3.16. The third-order valence-electron chi connectivity index (χ3n) is 4.90. The molecule has 0 aliphatic heterocycles. The molecule has 0 spiro atoms. The minimum Gasteiger partial charge on any atom is -0.496 e. The van der Waals surface area contributed by atoms with Crippen molar-refractivity contribution in [3.63, 3.8) is 0 Å². The van der Waals surface area contributed by atoms with Crippen molar-refractivity contribution in [1.82, 2.24) is 15.0 Å². The molecule has 0 aliphatic rings. The van der Waals surface area contributed by atoms with Crippen LogP contribution in [0.4, 0.5) is 5.13 Å². The van der Waals surface area contributed by atoms with Crippen LogP contribution in [0.2, 0.25) is 0 Å². The van der Waals surface area contributed by atoms with Crippen LogP contribution in [-0.4, -0.2) is 27.8 Å². The molecule has 3 aromatic heterocycles. The van der Waals surface area contributed by atoms with Gasteiger partial charge in [0.2, 0.25) is 5.13 Å². The lowest BCUT2D eigenvalue weighted by molar-refractivity contribution is 0.416. The van der Waals surface area contributed by atoms with Crippen molar-refractivity contribution in [2.75, 3.05) is 12.5 Å². The van der Waals surface area contributed by atoms with E-state index < -0.39 is 0 Å². The molecule has 0 saturated carbocycles. The van der Waals surface area contributed by atoms with Gasteiger partial charge in [0.1, 0.15) is 10.8 Å². The smallest absolute Gasteiger partial charge is 0.203 e. The van der Waals surface area contributed by atoms with Gasteiger partial charge in [0.05, 0.1) is 29.1 Å². The lowest BCUT2D eigenvalue weighted by Crippen LogP contribution is -1.99. The Morgan fingerprint density at radius 3 is 2.84 bits per heavy atom. The number of pyridine rings is 1. The van der Waals surface area contributed by atoms with Crippen LogP contribution < -0.4 is 10.2 Å². The van der Waals surface area contributed by atoms with Gasteiger partial charge in [0, 0.05) is 28.4 Å². The number of hydrogen-bond donors (Lipinski definition) is 1. The van der Waals surface area contributed by atoms with Crippen LogP contribution in [0.25, 0.3) is 21.8 Å². The Labute approximate surface area is 196 Å². The summed E-state index contributed by atoms with van der Waals surface area (Å²) in [6.07, 6.45) is 3.91. The molecule has 0 bridgehead atoms. The number of rotatable bonds is 8. The Morgan fingerprint density at radius 2 is 2.03 bits per heavy atom. The quantitative estimate of drug-likeness (QED) is 0.241. The largest absolute Gasteiger partial charge is 0.496 e. The van der Waals surface area contributed by atoms with Crippen molar-refractivity contribution in [3.8, 4) is 27.6 Å². The van der Waals surface area contributed by atoms with Gasteiger partial charge in [-0.1, -0.05) is 25.5 Å². The van der Waals surface area contributed by atoms with Crippen LogP contribution >= 0.6 is 22.7 Å². The highest BCUT2D eigenvalue weighted by Crippen LogP contribution is 2.32. The summed E-state index contributed by atoms with van der Waals surface area (Å²) in [6, 6.07) is 12.0. The number of para-hydroxylation sites is 1. The number of aryl methyl sites for hydroxylation is 2. The van der Waals surface area contributed by atoms with Crippen LogP contribution in [0.3, 0.4) is 0 Å². The number of benzene rings is 1. The van der Waals surface area contributed by atoms with E-state index in [1.807, 2.05) is 55.8 Å². The molecular formula is C24H25N5OS2. The topological polar surface area (TPSA) is 72.3 Å². The van der Waals surface area contributed by atoms with Gasteiger partial charge in [-0.15, -0.1) is 22.7 Å². The molecule has 164 valence electrons. The average Bonchev–Trinajstić information content (AvgIpc) is 3.45. The molecule has 0 atom stereocenters. The van der Waals surface area contributed by atoms with Crippen LogP contribution in [0.1, 0.15) is 36.5 Å². The van der Waals surface area contributed by atoms with E-state index in [0.717, 1.165) is 67.5 Å². The predicted molar refractivity (Wildman–Crippen MR) is 134 cm³/mol. The molecule has 32 heavy (non-hydrogen) atoms. The van der Waals surface area contributed by atoms with Gasteiger partial charge >= 0.3 is 0 Å². The van der Waals surface area contributed by atoms with E-state index in [4.69, 9.17) is 9.72 Å². The van der Waals surface area contributed by atoms with Crippen molar-refractivity contribution in [2.45, 2.75) is 33.6 Å². The number of hydrazone groups is 1. The van der Waals surface area contributed by atoms with Crippen molar-refractivity contribution in [3.05, 3.63) is 64.2 Å². The molecule has 4 aromatic rings. The van der Waals surface area contributed by atoms with E-state index >= 15 is 0 Å². The average molecular weight is 464 g/mol. The maximum atomic E-state index is 5.45. The number of nitrogens with zero attached hydrogens (tertiary/aromatic N) is 4. The molecule has 4 rings (SSSR count). The number of hydrogen-bond acceptors (Lipinski definition) is 8. The Balaban J connectivity index is 1.52. The van der Waals surface area contributed by atoms with Gasteiger partial charge in [0.25, 0.3) is 0 Å². The van der Waals surface area contributed by atoms with E-state index in [1.54, 1.807) is 18.4 Å². The second-order valence-electron chi connectivity index (χ2n) is 7.27. The molecule has 0 fully saturated rings. The SMILES string of the molecule is CCCc1cc(-c2nc(C)c(C(C)=NNc3nc(-c4ccccc4OC)cs3)s2)ccn1. The Kier molecular flexibility index (Phi) is 6.92. The Hall–Kier alpha value is -3.10. The summed E-state index contributed by atoms with van der Waals surface area (Å²) in [4.78, 5) is 14.9. The van der Waals surface area contributed by atoms with E-state index in [1.165, 1.54) is 11.3 Å². The van der Waals surface area contributed by atoms with Crippen molar-refractivity contribution < 1.29 is 4.74 Å². The number of aromatic nitrogens is 3. The van der Waals surface area contributed by atoms with Crippen LogP contribution in [0.15, 0.2) is 53.1 Å². The molecule has 0 unspecified atom stereocenters. The van der Waals surface area contributed by atoms with Crippen molar-refractivity contribution in [2.24, 2.45) is 5.10 Å². The first-order valence-electron chi connectivity index (χ1n) is 10.4. The molecule has 0 saturated heterocycles. The molecule has 0 aliphatic carbocycles. The zero-order valence-electron chi connectivity index (χ0n) is 18.5. The van der Waals surface area contributed by atoms with E-state index in [0.29, 0.717) is 0 Å². The fraction of sp³-hybridized carbons (Fsp3) is 0.250. The van der Waals surface area contributed by atoms with Crippen LogP contribution in [-0.2, 0) is 6.42 Å². The molecule has 1 aromatic carbocycles. The number of methoxy groups -OCH3 is 1. The van der Waals surface area contributed by atoms with Crippen LogP contribution in [0.5, 0.6) is 5.75 Å². The first-order chi connectivity index (χ1) is 15.6. The predicted octanol–water partition coefficient (Wildman–Crippen LogP) is 6.43. The Bertz CT molecular complexity index is 1240. The number of anilines is 1. The minimum absolute atomic E-state index is 0.728. The van der Waals surface area contributed by atoms with Crippen molar-refractivity contribution >= 4 is 33.5 Å². The first-order valence-corrected chi connectivity index (χ1v) is 12.1. The van der Waals surface area contributed by atoms with E-state index in [9.17, 15) is 0 Å². The number of ether oxygens (including phenoxy) is 1. The minimum atomic E-state index is 0.728. The highest BCUT2D eigenvalue weighted by atomic mass is 32.1. The number of thiazole rings is 2. The maximum absolute atomic E-state index is 5.45. The summed E-state index contributed by atoms with van der Waals surface area (Å²) < 4.78 is 5.45. The maximum Gasteiger partial charge on any atom is 0.203 e. The molecule has 1 N–H and O–H groups in total. The number of nitrogens with one attached hydrogen (secondary N) is 1. The molecule has 0 radical (unpaired) electrons. The molecule has 8 heteroatoms. The second kappa shape index (κ2) is 10.0. The lowest BCUT2D eigenvalue weighted by Gasteiger charge is -2.04. The van der Waals surface area contributed by atoms with Gasteiger partial charge in [-0.3, -0.25) is 10.4 Å². The van der Waals surface area contributed by atoms with Crippen LogP contribution in [0, 0.1) is 6.92 Å². The fourth-order valence-electron chi connectivity index (χ4n) is 3.35. The standard InChI is InChI=1S/C24H25N5OS2/c1-5-8-18-13-17(11-12-25-18)23-26-15(2)22(32-23)16(3)28-29-24-27-20(14-31-24)19-9-6-7-10-21(19)30-4/h6-7,9-14H,5,8H2,1-4H3,(H,27,29). The normalized spacial score (nSPS) is 11.6. The molecule has 0 amide bonds. The van der Waals surface area contributed by atoms with Gasteiger partial charge < -0.3 is 4.74 Å². The van der Waals surface area contributed by atoms with Gasteiger partial charge in [0.15, 0.2) is 0 Å². The molecule has 3 heterocycles. The van der Waals surface area contributed by atoms with E-state index in [-0.39, 0.29) is 0 Å². The summed E-state index contributed by atoms with van der Waals surface area (Å²) in [7, 11) is 1.67. The summed E-state index contributed by atoms with van der Waals surface area (Å²) in [5.41, 5.74) is 8.96. The van der Waals surface area contributed by atoms with Crippen molar-refractivity contribution in [1.29, 1.82) is 0 Å². The lowest BCUT2D eigenvalue weighted by atomic mass is 10.1. The van der Waals surface area contributed by atoms with Gasteiger partial charge in [-0.05, 0) is 44.5 Å².